The maximum absolute atomic E-state index is 13.2. The fourth-order valence-corrected chi connectivity index (χ4v) is 6.25. The highest BCUT2D eigenvalue weighted by atomic mass is 16.5. The van der Waals surface area contributed by atoms with Crippen molar-refractivity contribution in [2.24, 2.45) is 18.9 Å². The van der Waals surface area contributed by atoms with Crippen molar-refractivity contribution in [2.75, 3.05) is 13.2 Å². The van der Waals surface area contributed by atoms with Crippen LogP contribution in [0.4, 0.5) is 0 Å². The van der Waals surface area contributed by atoms with Gasteiger partial charge >= 0.3 is 0 Å². The largest absolute Gasteiger partial charge is 0.376 e. The number of rotatable bonds is 11. The number of hydrogen-bond donors (Lipinski definition) is 2. The number of amides is 2. The molecule has 0 bridgehead atoms. The van der Waals surface area contributed by atoms with Gasteiger partial charge < -0.3 is 15.4 Å². The summed E-state index contributed by atoms with van der Waals surface area (Å²) in [5, 5.41) is 15.4. The Balaban J connectivity index is 1.48. The molecule has 2 saturated heterocycles. The third kappa shape index (κ3) is 6.99. The number of carbonyl (C=O) groups is 2. The first-order valence-corrected chi connectivity index (χ1v) is 15.6. The van der Waals surface area contributed by atoms with Gasteiger partial charge in [-0.05, 0) is 57.9 Å². The van der Waals surface area contributed by atoms with Crippen LogP contribution < -0.4 is 10.6 Å². The lowest BCUT2D eigenvalue weighted by Crippen LogP contribution is -2.38. The lowest BCUT2D eigenvalue weighted by molar-refractivity contribution is -0.126. The number of fused-ring (bicyclic) bond motifs is 1. The van der Waals surface area contributed by atoms with Gasteiger partial charge in [0.2, 0.25) is 5.91 Å². The van der Waals surface area contributed by atoms with E-state index in [1.54, 1.807) is 28.5 Å². The summed E-state index contributed by atoms with van der Waals surface area (Å²) in [5.74, 6) is 1.09. The topological polar surface area (TPSA) is 128 Å². The van der Waals surface area contributed by atoms with Gasteiger partial charge in [0, 0.05) is 44.7 Å². The molecule has 0 aromatic carbocycles. The number of imidazole rings is 1. The molecule has 4 atom stereocenters. The summed E-state index contributed by atoms with van der Waals surface area (Å²) in [6, 6.07) is 1.42. The van der Waals surface area contributed by atoms with E-state index in [-0.39, 0.29) is 35.3 Å². The average Bonchev–Trinajstić information content (AvgIpc) is 3.58. The van der Waals surface area contributed by atoms with E-state index in [9.17, 15) is 9.59 Å². The zero-order chi connectivity index (χ0) is 29.9. The number of aromatic nitrogens is 6. The molecule has 0 radical (unpaired) electrons. The first-order valence-electron chi connectivity index (χ1n) is 15.6. The van der Waals surface area contributed by atoms with Crippen LogP contribution in [0.1, 0.15) is 119 Å². The van der Waals surface area contributed by atoms with E-state index in [1.807, 2.05) is 6.20 Å². The highest BCUT2D eigenvalue weighted by Crippen LogP contribution is 2.37. The zero-order valence-corrected chi connectivity index (χ0v) is 25.7. The predicted molar refractivity (Wildman–Crippen MR) is 159 cm³/mol. The summed E-state index contributed by atoms with van der Waals surface area (Å²) < 4.78 is 9.32. The van der Waals surface area contributed by atoms with Crippen molar-refractivity contribution in [1.29, 1.82) is 0 Å². The van der Waals surface area contributed by atoms with Crippen LogP contribution in [0.2, 0.25) is 0 Å². The molecule has 11 heteroatoms. The molecule has 0 saturated carbocycles. The number of ether oxygens (including phenoxy) is 1. The van der Waals surface area contributed by atoms with Crippen molar-refractivity contribution >= 4 is 17.6 Å². The van der Waals surface area contributed by atoms with Gasteiger partial charge in [0.1, 0.15) is 5.69 Å². The van der Waals surface area contributed by atoms with Gasteiger partial charge in [0.25, 0.3) is 11.7 Å². The number of nitrogens with zero attached hydrogens (tertiary/aromatic N) is 6. The molecule has 0 aliphatic carbocycles. The highest BCUT2D eigenvalue weighted by Gasteiger charge is 2.34. The predicted octanol–water partition coefficient (Wildman–Crippen LogP) is 4.29. The van der Waals surface area contributed by atoms with E-state index in [1.165, 1.54) is 0 Å². The van der Waals surface area contributed by atoms with Gasteiger partial charge in [0.15, 0.2) is 0 Å². The number of piperidine rings is 1. The van der Waals surface area contributed by atoms with E-state index < -0.39 is 0 Å². The Kier molecular flexibility index (Phi) is 9.25. The van der Waals surface area contributed by atoms with Crippen LogP contribution in [0.15, 0.2) is 18.5 Å². The third-order valence-electron chi connectivity index (χ3n) is 8.96. The second-order valence-corrected chi connectivity index (χ2v) is 12.8. The minimum absolute atomic E-state index is 0.0898. The Morgan fingerprint density at radius 1 is 1.26 bits per heavy atom. The van der Waals surface area contributed by atoms with E-state index in [2.05, 4.69) is 43.4 Å². The van der Waals surface area contributed by atoms with Crippen LogP contribution in [0.25, 0.3) is 5.78 Å². The summed E-state index contributed by atoms with van der Waals surface area (Å²) in [5.41, 5.74) is 2.75. The van der Waals surface area contributed by atoms with Gasteiger partial charge in [-0.2, -0.15) is 10.2 Å². The van der Waals surface area contributed by atoms with Crippen molar-refractivity contribution in [2.45, 2.75) is 103 Å². The van der Waals surface area contributed by atoms with E-state index >= 15 is 0 Å². The fraction of sp³-hybridized carbons (Fsp3) is 0.677. The average molecular weight is 579 g/mol. The molecule has 4 unspecified atom stereocenters. The molecule has 5 rings (SSSR count). The minimum atomic E-state index is -0.294. The third-order valence-corrected chi connectivity index (χ3v) is 8.96. The smallest absolute Gasteiger partial charge is 0.270 e. The lowest BCUT2D eigenvalue weighted by Gasteiger charge is -2.35. The maximum Gasteiger partial charge on any atom is 0.270 e. The molecule has 2 fully saturated rings. The number of nitrogens with one attached hydrogen (secondary N) is 2. The van der Waals surface area contributed by atoms with Gasteiger partial charge in [-0.1, -0.05) is 33.1 Å². The molecule has 0 spiro atoms. The Morgan fingerprint density at radius 2 is 2.10 bits per heavy atom. The number of hydrogen-bond acceptors (Lipinski definition) is 7. The van der Waals surface area contributed by atoms with E-state index in [4.69, 9.17) is 19.8 Å². The quantitative estimate of drug-likeness (QED) is 0.347. The monoisotopic (exact) mass is 578 g/mol. The fourth-order valence-electron chi connectivity index (χ4n) is 6.25. The van der Waals surface area contributed by atoms with Crippen molar-refractivity contribution in [3.63, 3.8) is 0 Å². The molecule has 11 nitrogen and oxygen atoms in total. The van der Waals surface area contributed by atoms with Gasteiger partial charge in [-0.15, -0.1) is 0 Å². The molecule has 2 N–H and O–H groups in total. The Hall–Kier alpha value is -3.34. The molecule has 5 heterocycles. The van der Waals surface area contributed by atoms with Gasteiger partial charge in [-0.3, -0.25) is 14.3 Å². The Bertz CT molecular complexity index is 1400. The van der Waals surface area contributed by atoms with Crippen LogP contribution in [0.5, 0.6) is 0 Å². The van der Waals surface area contributed by atoms with Gasteiger partial charge in [0.05, 0.1) is 34.9 Å². The van der Waals surface area contributed by atoms with E-state index in [0.717, 1.165) is 75.0 Å². The first-order chi connectivity index (χ1) is 20.1. The van der Waals surface area contributed by atoms with Crippen LogP contribution in [-0.2, 0) is 23.0 Å². The summed E-state index contributed by atoms with van der Waals surface area (Å²) in [6.07, 6.45) is 11.5. The summed E-state index contributed by atoms with van der Waals surface area (Å²) >= 11 is 0. The second-order valence-electron chi connectivity index (χ2n) is 12.8. The minimum Gasteiger partial charge on any atom is -0.376 e. The lowest BCUT2D eigenvalue weighted by atomic mass is 9.83. The Morgan fingerprint density at radius 3 is 2.81 bits per heavy atom. The van der Waals surface area contributed by atoms with Crippen molar-refractivity contribution in [3.8, 4) is 0 Å². The van der Waals surface area contributed by atoms with Crippen LogP contribution in [-0.4, -0.2) is 59.9 Å². The maximum atomic E-state index is 13.2. The molecular formula is C31H46N8O3. The molecule has 3 aromatic rings. The second kappa shape index (κ2) is 12.9. The molecule has 42 heavy (non-hydrogen) atoms. The highest BCUT2D eigenvalue weighted by molar-refractivity contribution is 5.92. The summed E-state index contributed by atoms with van der Waals surface area (Å²) in [6.45, 7) is 10.1. The van der Waals surface area contributed by atoms with Crippen LogP contribution >= 0.6 is 0 Å². The van der Waals surface area contributed by atoms with Crippen molar-refractivity contribution in [1.82, 2.24) is 40.0 Å². The summed E-state index contributed by atoms with van der Waals surface area (Å²) in [4.78, 5) is 35.9. The van der Waals surface area contributed by atoms with E-state index in [0.29, 0.717) is 30.4 Å². The standard InChI is InChI=1S/C31H46N8O3/c1-6-20(2)9-7-11-23(34-29(41)26-12-15-33-38(26)5)25-19-39-30(35-25)36-27(22-13-16-42-31(3,4)18-22)24(37-39)17-21-10-8-14-32-28(21)40/h12,15,19-23H,6-11,13-14,16-18H2,1-5H3,(H,32,40)(H,34,41). The Labute approximate surface area is 248 Å². The van der Waals surface area contributed by atoms with Crippen LogP contribution in [0, 0.1) is 11.8 Å². The number of carbonyl (C=O) groups excluding carboxylic acids is 2. The first kappa shape index (κ1) is 30.1. The molecule has 2 aliphatic heterocycles. The molecule has 2 amide bonds. The molecule has 3 aromatic heterocycles. The SMILES string of the molecule is CCC(C)CCCC(NC(=O)c1ccnn1C)c1cn2nc(CC3CCCNC3=O)c(C3CCOC(C)(C)C3)nc2n1. The van der Waals surface area contributed by atoms with Crippen molar-refractivity contribution < 1.29 is 14.3 Å². The number of aryl methyl sites for hydroxylation is 1. The molecular weight excluding hydrogens is 532 g/mol. The molecule has 228 valence electrons. The van der Waals surface area contributed by atoms with Crippen molar-refractivity contribution in [3.05, 3.63) is 41.2 Å². The summed E-state index contributed by atoms with van der Waals surface area (Å²) in [7, 11) is 1.76. The normalized spacial score (nSPS) is 22.1. The zero-order valence-electron chi connectivity index (χ0n) is 25.7. The molecule has 2 aliphatic rings. The van der Waals surface area contributed by atoms with Crippen LogP contribution in [0.3, 0.4) is 0 Å². The van der Waals surface area contributed by atoms with Gasteiger partial charge in [-0.25, -0.2) is 14.5 Å².